The van der Waals surface area contributed by atoms with Gasteiger partial charge in [-0.05, 0) is 17.7 Å². The van der Waals surface area contributed by atoms with E-state index in [4.69, 9.17) is 9.94 Å². The van der Waals surface area contributed by atoms with Gasteiger partial charge in [-0.3, -0.25) is 5.21 Å². The molecule has 2 rings (SSSR count). The minimum absolute atomic E-state index is 0.0997. The van der Waals surface area contributed by atoms with Crippen LogP contribution in [0, 0.1) is 11.6 Å². The van der Waals surface area contributed by atoms with Crippen molar-refractivity contribution in [1.82, 2.24) is 9.97 Å². The fourth-order valence-electron chi connectivity index (χ4n) is 1.23. The molecule has 0 spiro atoms. The fourth-order valence-corrected chi connectivity index (χ4v) is 1.23. The third kappa shape index (κ3) is 2.89. The maximum absolute atomic E-state index is 12.9. The first kappa shape index (κ1) is 12.2. The average molecular weight is 253 g/mol. The van der Waals surface area contributed by atoms with Crippen molar-refractivity contribution in [3.63, 3.8) is 0 Å². The molecule has 0 aliphatic carbocycles. The minimum atomic E-state index is -0.799. The van der Waals surface area contributed by atoms with Crippen molar-refractivity contribution >= 4 is 5.82 Å². The summed E-state index contributed by atoms with van der Waals surface area (Å²) in [6.45, 7) is 0.108. The molecule has 0 saturated heterocycles. The van der Waals surface area contributed by atoms with Gasteiger partial charge < -0.3 is 4.74 Å². The van der Waals surface area contributed by atoms with Gasteiger partial charge >= 0.3 is 6.01 Å². The predicted octanol–water partition coefficient (Wildman–Crippen LogP) is 2.13. The lowest BCUT2D eigenvalue weighted by Gasteiger charge is -2.06. The highest BCUT2D eigenvalue weighted by Crippen LogP contribution is 2.13. The number of rotatable bonds is 4. The van der Waals surface area contributed by atoms with E-state index in [1.54, 1.807) is 17.6 Å². The highest BCUT2D eigenvalue weighted by molar-refractivity contribution is 5.32. The van der Waals surface area contributed by atoms with Crippen molar-refractivity contribution in [3.05, 3.63) is 47.7 Å². The van der Waals surface area contributed by atoms with Gasteiger partial charge in [0.15, 0.2) is 11.6 Å². The van der Waals surface area contributed by atoms with Gasteiger partial charge in [-0.2, -0.15) is 4.98 Å². The number of halogens is 2. The molecule has 0 unspecified atom stereocenters. The molecule has 7 heteroatoms. The number of nitrogens with zero attached hydrogens (tertiary/aromatic N) is 2. The lowest BCUT2D eigenvalue weighted by Crippen LogP contribution is -2.04. The van der Waals surface area contributed by atoms with Gasteiger partial charge in [-0.15, -0.1) is 0 Å². The Balaban J connectivity index is 2.04. The first-order valence-electron chi connectivity index (χ1n) is 4.99. The summed E-state index contributed by atoms with van der Waals surface area (Å²) < 4.78 is 30.7. The normalized spacial score (nSPS) is 10.2. The quantitative estimate of drug-likeness (QED) is 0.817. The van der Waals surface area contributed by atoms with Gasteiger partial charge in [0.2, 0.25) is 0 Å². The third-order valence-electron chi connectivity index (χ3n) is 2.11. The van der Waals surface area contributed by atoms with Crippen molar-refractivity contribution in [2.24, 2.45) is 0 Å². The molecule has 0 bridgehead atoms. The smallest absolute Gasteiger partial charge is 0.318 e. The van der Waals surface area contributed by atoms with E-state index in [1.165, 1.54) is 12.1 Å². The van der Waals surface area contributed by atoms with Crippen LogP contribution in [0.5, 0.6) is 6.01 Å². The Morgan fingerprint density at radius 2 is 1.94 bits per heavy atom. The molecule has 0 fully saturated rings. The van der Waals surface area contributed by atoms with Gasteiger partial charge in [0.25, 0.3) is 0 Å². The molecular formula is C11H9F2N3O2. The second-order valence-electron chi connectivity index (χ2n) is 3.38. The molecule has 18 heavy (non-hydrogen) atoms. The second kappa shape index (κ2) is 5.37. The summed E-state index contributed by atoms with van der Waals surface area (Å²) in [5.41, 5.74) is 2.30. The van der Waals surface area contributed by atoms with E-state index in [1.807, 2.05) is 0 Å². The summed E-state index contributed by atoms with van der Waals surface area (Å²) in [6.07, 6.45) is 0.867. The van der Waals surface area contributed by atoms with Gasteiger partial charge in [0, 0.05) is 0 Å². The number of nitrogens with one attached hydrogen (secondary N) is 1. The van der Waals surface area contributed by atoms with Crippen LogP contribution in [0.1, 0.15) is 5.56 Å². The number of hydrogen-bond acceptors (Lipinski definition) is 5. The van der Waals surface area contributed by atoms with E-state index in [-0.39, 0.29) is 24.3 Å². The Kier molecular flexibility index (Phi) is 3.63. The maximum Gasteiger partial charge on any atom is 0.318 e. The standard InChI is InChI=1S/C11H9F2N3O2/c12-8-3-1-7(2-4-8)6-18-11-14-5-9(13)10(15-11)16-17/h1-5,17H,6H2,(H,14,15,16). The lowest BCUT2D eigenvalue weighted by molar-refractivity contribution is 0.277. The van der Waals surface area contributed by atoms with E-state index < -0.39 is 5.82 Å². The molecule has 0 radical (unpaired) electrons. The van der Waals surface area contributed by atoms with E-state index in [0.717, 1.165) is 6.20 Å². The highest BCUT2D eigenvalue weighted by Gasteiger charge is 2.06. The highest BCUT2D eigenvalue weighted by atomic mass is 19.1. The predicted molar refractivity (Wildman–Crippen MR) is 58.1 cm³/mol. The Morgan fingerprint density at radius 1 is 1.22 bits per heavy atom. The number of hydrogen-bond donors (Lipinski definition) is 2. The average Bonchev–Trinajstić information content (AvgIpc) is 2.39. The summed E-state index contributed by atoms with van der Waals surface area (Å²) in [5.74, 6) is -1.52. The van der Waals surface area contributed by atoms with Crippen molar-refractivity contribution < 1.29 is 18.7 Å². The minimum Gasteiger partial charge on any atom is -0.459 e. The number of anilines is 1. The summed E-state index contributed by atoms with van der Waals surface area (Å²) >= 11 is 0. The van der Waals surface area contributed by atoms with Crippen molar-refractivity contribution in [2.75, 3.05) is 5.48 Å². The van der Waals surface area contributed by atoms with Crippen LogP contribution in [-0.2, 0) is 6.61 Å². The van der Waals surface area contributed by atoms with Crippen LogP contribution in [0.3, 0.4) is 0 Å². The van der Waals surface area contributed by atoms with Crippen LogP contribution in [0.2, 0.25) is 0 Å². The zero-order valence-corrected chi connectivity index (χ0v) is 9.10. The molecule has 1 aromatic heterocycles. The maximum atomic E-state index is 12.9. The topological polar surface area (TPSA) is 67.3 Å². The van der Waals surface area contributed by atoms with E-state index in [9.17, 15) is 8.78 Å². The number of ether oxygens (including phenoxy) is 1. The van der Waals surface area contributed by atoms with E-state index in [0.29, 0.717) is 5.56 Å². The van der Waals surface area contributed by atoms with Crippen LogP contribution in [0.15, 0.2) is 30.5 Å². The molecule has 5 nitrogen and oxygen atoms in total. The summed E-state index contributed by atoms with van der Waals surface area (Å²) in [5, 5.41) is 8.58. The van der Waals surface area contributed by atoms with Crippen LogP contribution in [0.4, 0.5) is 14.6 Å². The Labute approximate surface area is 101 Å². The van der Waals surface area contributed by atoms with E-state index >= 15 is 0 Å². The Hall–Kier alpha value is -2.28. The molecule has 2 aromatic rings. The second-order valence-corrected chi connectivity index (χ2v) is 3.38. The molecule has 1 heterocycles. The molecule has 0 aliphatic heterocycles. The molecule has 0 amide bonds. The molecule has 0 atom stereocenters. The van der Waals surface area contributed by atoms with Crippen LogP contribution in [0.25, 0.3) is 0 Å². The van der Waals surface area contributed by atoms with Crippen molar-refractivity contribution in [2.45, 2.75) is 6.61 Å². The van der Waals surface area contributed by atoms with Crippen LogP contribution < -0.4 is 10.2 Å². The Bertz CT molecular complexity index is 534. The molecule has 94 valence electrons. The third-order valence-corrected chi connectivity index (χ3v) is 2.11. The molecule has 0 aliphatic rings. The molecule has 1 aromatic carbocycles. The van der Waals surface area contributed by atoms with E-state index in [2.05, 4.69) is 9.97 Å². The summed E-state index contributed by atoms with van der Waals surface area (Å²) in [4.78, 5) is 7.17. The van der Waals surface area contributed by atoms with Crippen LogP contribution in [-0.4, -0.2) is 15.2 Å². The molecular weight excluding hydrogens is 244 g/mol. The van der Waals surface area contributed by atoms with Gasteiger partial charge in [-0.25, -0.2) is 19.2 Å². The largest absolute Gasteiger partial charge is 0.459 e. The zero-order valence-electron chi connectivity index (χ0n) is 9.10. The van der Waals surface area contributed by atoms with Crippen LogP contribution >= 0.6 is 0 Å². The number of aromatic nitrogens is 2. The van der Waals surface area contributed by atoms with Gasteiger partial charge in [0.1, 0.15) is 12.4 Å². The first-order chi connectivity index (χ1) is 8.69. The molecule has 2 N–H and O–H groups in total. The SMILES string of the molecule is ONc1nc(OCc2ccc(F)cc2)ncc1F. The van der Waals surface area contributed by atoms with Gasteiger partial charge in [0.05, 0.1) is 6.20 Å². The monoisotopic (exact) mass is 253 g/mol. The number of benzene rings is 1. The Morgan fingerprint density at radius 3 is 2.61 bits per heavy atom. The van der Waals surface area contributed by atoms with Gasteiger partial charge in [-0.1, -0.05) is 12.1 Å². The van der Waals surface area contributed by atoms with Crippen molar-refractivity contribution in [3.8, 4) is 6.01 Å². The lowest BCUT2D eigenvalue weighted by atomic mass is 10.2. The first-order valence-corrected chi connectivity index (χ1v) is 4.99. The summed E-state index contributed by atoms with van der Waals surface area (Å²) in [6, 6.07) is 5.58. The van der Waals surface area contributed by atoms with Crippen molar-refractivity contribution in [1.29, 1.82) is 0 Å². The fraction of sp³-hybridized carbons (Fsp3) is 0.0909. The summed E-state index contributed by atoms with van der Waals surface area (Å²) in [7, 11) is 0. The molecule has 0 saturated carbocycles. The zero-order chi connectivity index (χ0) is 13.0.